The average molecular weight is 372 g/mol. The summed E-state index contributed by atoms with van der Waals surface area (Å²) in [6.45, 7) is 3.67. The molecule has 1 atom stereocenters. The molecule has 2 aliphatic rings. The Morgan fingerprint density at radius 3 is 2.53 bits per heavy atom. The molecule has 3 heteroatoms. The molecular formula is C16H23INO-. The van der Waals surface area contributed by atoms with E-state index in [2.05, 4.69) is 41.0 Å². The molecule has 0 radical (unpaired) electrons. The van der Waals surface area contributed by atoms with Crippen LogP contribution in [0.4, 0.5) is 0 Å². The van der Waals surface area contributed by atoms with Crippen LogP contribution in [0.15, 0.2) is 24.3 Å². The third kappa shape index (κ3) is 3.07. The summed E-state index contributed by atoms with van der Waals surface area (Å²) in [7, 11) is 0. The van der Waals surface area contributed by atoms with Gasteiger partial charge in [-0.3, -0.25) is 0 Å². The fourth-order valence-corrected chi connectivity index (χ4v) is 4.31. The van der Waals surface area contributed by atoms with Crippen molar-refractivity contribution in [2.24, 2.45) is 0 Å². The van der Waals surface area contributed by atoms with Crippen molar-refractivity contribution in [2.45, 2.75) is 50.8 Å². The molecule has 1 saturated heterocycles. The second-order valence-electron chi connectivity index (χ2n) is 5.74. The van der Waals surface area contributed by atoms with Gasteiger partial charge in [-0.05, 0) is 0 Å². The third-order valence-corrected chi connectivity index (χ3v) is 6.44. The number of hydrogen-bond acceptors (Lipinski definition) is 2. The molecule has 3 rings (SSSR count). The third-order valence-electron chi connectivity index (χ3n) is 4.48. The number of likely N-dealkylation sites (tertiary alicyclic amines) is 1. The molecule has 19 heavy (non-hydrogen) atoms. The molecule has 2 fully saturated rings. The van der Waals surface area contributed by atoms with Crippen molar-refractivity contribution < 1.29 is 25.9 Å². The summed E-state index contributed by atoms with van der Waals surface area (Å²) in [5, 5.41) is 0. The van der Waals surface area contributed by atoms with Gasteiger partial charge < -0.3 is 0 Å². The molecular weight excluding hydrogens is 349 g/mol. The summed E-state index contributed by atoms with van der Waals surface area (Å²) >= 11 is 0.204. The Labute approximate surface area is 126 Å². The predicted octanol–water partition coefficient (Wildman–Crippen LogP) is -0.0309. The number of nitrogens with zero attached hydrogens (tertiary/aromatic N) is 1. The molecule has 0 amide bonds. The van der Waals surface area contributed by atoms with Crippen molar-refractivity contribution in [3.05, 3.63) is 27.8 Å². The molecule has 1 aliphatic carbocycles. The zero-order chi connectivity index (χ0) is 13.2. The fourth-order valence-electron chi connectivity index (χ4n) is 3.23. The van der Waals surface area contributed by atoms with Crippen LogP contribution < -0.4 is 25.9 Å². The van der Waals surface area contributed by atoms with Gasteiger partial charge in [-0.25, -0.2) is 0 Å². The van der Waals surface area contributed by atoms with Crippen molar-refractivity contribution >= 4 is 0 Å². The van der Waals surface area contributed by atoms with Crippen molar-refractivity contribution in [3.8, 4) is 5.75 Å². The summed E-state index contributed by atoms with van der Waals surface area (Å²) in [6.07, 6.45) is 5.63. The second kappa shape index (κ2) is 6.00. The van der Waals surface area contributed by atoms with Crippen LogP contribution in [0.3, 0.4) is 0 Å². The van der Waals surface area contributed by atoms with Gasteiger partial charge in [-0.1, -0.05) is 0 Å². The summed E-state index contributed by atoms with van der Waals surface area (Å²) in [4.78, 5) is 4.98. The van der Waals surface area contributed by atoms with Crippen LogP contribution >= 0.6 is 0 Å². The number of hydrogen-bond donors (Lipinski definition) is 0. The van der Waals surface area contributed by atoms with Gasteiger partial charge in [-0.2, -0.15) is 0 Å². The van der Waals surface area contributed by atoms with Crippen LogP contribution in [-0.2, 0) is 0 Å². The van der Waals surface area contributed by atoms with Crippen molar-refractivity contribution in [1.82, 2.24) is 4.90 Å². The van der Waals surface area contributed by atoms with E-state index in [1.807, 2.05) is 0 Å². The van der Waals surface area contributed by atoms with Crippen LogP contribution in [0.2, 0.25) is 0 Å². The van der Waals surface area contributed by atoms with Gasteiger partial charge >= 0.3 is 127 Å². The normalized spacial score (nSPS) is 31.4. The van der Waals surface area contributed by atoms with E-state index in [9.17, 15) is 0 Å². The first-order valence-corrected chi connectivity index (χ1v) is 10.5. The molecule has 0 bridgehead atoms. The number of benzene rings is 1. The maximum absolute atomic E-state index is 6.06. The van der Waals surface area contributed by atoms with E-state index in [-0.39, 0.29) is 21.2 Å². The van der Waals surface area contributed by atoms with Gasteiger partial charge in [0.15, 0.2) is 0 Å². The average Bonchev–Trinajstić information content (AvgIpc) is 2.80. The second-order valence-corrected chi connectivity index (χ2v) is 8.06. The maximum atomic E-state index is 6.06. The summed E-state index contributed by atoms with van der Waals surface area (Å²) in [5.74, 6) is 1.05. The van der Waals surface area contributed by atoms with Crippen LogP contribution in [0.5, 0.6) is 5.75 Å². The van der Waals surface area contributed by atoms with Crippen LogP contribution in [0, 0.1) is 3.57 Å². The quantitative estimate of drug-likeness (QED) is 0.544. The Morgan fingerprint density at radius 2 is 1.95 bits per heavy atom. The van der Waals surface area contributed by atoms with Crippen molar-refractivity contribution in [1.29, 1.82) is 0 Å². The standard InChI is InChI=1S/C16H23INO/c1-12-4-3-9-18(12)14-10-16(11-14)19-15-7-5-13(17-2)6-8-15/h5-8,12,14,16H,3-4,9-11H2,1-2H3/q-1. The molecule has 1 heterocycles. The molecule has 2 nitrogen and oxygen atoms in total. The Balaban J connectivity index is 1.48. The van der Waals surface area contributed by atoms with E-state index < -0.39 is 0 Å². The molecule has 0 aromatic heterocycles. The van der Waals surface area contributed by atoms with Gasteiger partial charge in [-0.15, -0.1) is 0 Å². The van der Waals surface area contributed by atoms with Crippen LogP contribution in [0.1, 0.15) is 32.6 Å². The summed E-state index contributed by atoms with van der Waals surface area (Å²) in [5.41, 5.74) is 0. The van der Waals surface area contributed by atoms with E-state index in [0.717, 1.165) is 17.8 Å². The molecule has 1 unspecified atom stereocenters. The molecule has 106 valence electrons. The Morgan fingerprint density at radius 1 is 1.21 bits per heavy atom. The topological polar surface area (TPSA) is 12.5 Å². The van der Waals surface area contributed by atoms with Crippen LogP contribution in [-0.4, -0.2) is 34.6 Å². The van der Waals surface area contributed by atoms with Gasteiger partial charge in [0.25, 0.3) is 0 Å². The fraction of sp³-hybridized carbons (Fsp3) is 0.625. The SMILES string of the molecule is C[I-]c1ccc(OC2CC(N3CCCC3C)C2)cc1. The number of rotatable bonds is 4. The van der Waals surface area contributed by atoms with E-state index in [0.29, 0.717) is 6.10 Å². The van der Waals surface area contributed by atoms with Crippen molar-refractivity contribution in [2.75, 3.05) is 11.5 Å². The van der Waals surface area contributed by atoms with Gasteiger partial charge in [0.2, 0.25) is 0 Å². The van der Waals surface area contributed by atoms with Crippen LogP contribution in [0.25, 0.3) is 0 Å². The van der Waals surface area contributed by atoms with E-state index in [1.54, 1.807) is 0 Å². The molecule has 0 spiro atoms. The Bertz CT molecular complexity index is 413. The monoisotopic (exact) mass is 372 g/mol. The Hall–Kier alpha value is -0.290. The molecule has 1 aliphatic heterocycles. The number of halogens is 1. The minimum atomic E-state index is 0.204. The van der Waals surface area contributed by atoms with Gasteiger partial charge in [0.1, 0.15) is 0 Å². The first kappa shape index (κ1) is 13.7. The molecule has 1 aromatic carbocycles. The summed E-state index contributed by atoms with van der Waals surface area (Å²) in [6, 6.07) is 10.3. The number of alkyl halides is 1. The zero-order valence-corrected chi connectivity index (χ0v) is 14.0. The van der Waals surface area contributed by atoms with Crippen molar-refractivity contribution in [3.63, 3.8) is 0 Å². The first-order valence-electron chi connectivity index (χ1n) is 7.28. The molecule has 1 saturated carbocycles. The van der Waals surface area contributed by atoms with E-state index >= 15 is 0 Å². The van der Waals surface area contributed by atoms with E-state index in [4.69, 9.17) is 4.74 Å². The van der Waals surface area contributed by atoms with Gasteiger partial charge in [0.05, 0.1) is 0 Å². The molecule has 1 aromatic rings. The number of ether oxygens (including phenoxy) is 1. The van der Waals surface area contributed by atoms with Gasteiger partial charge in [0, 0.05) is 0 Å². The molecule has 0 N–H and O–H groups in total. The Kier molecular flexibility index (Phi) is 4.32. The zero-order valence-electron chi connectivity index (χ0n) is 11.8. The minimum absolute atomic E-state index is 0.204. The first-order chi connectivity index (χ1) is 9.26. The predicted molar refractivity (Wildman–Crippen MR) is 73.9 cm³/mol. The summed E-state index contributed by atoms with van der Waals surface area (Å²) < 4.78 is 7.55. The van der Waals surface area contributed by atoms with E-state index in [1.165, 1.54) is 35.8 Å².